The lowest BCUT2D eigenvalue weighted by Crippen LogP contribution is -2.39. The molecule has 2 aromatic carbocycles. The van der Waals surface area contributed by atoms with Gasteiger partial charge < -0.3 is 9.15 Å². The van der Waals surface area contributed by atoms with E-state index in [0.717, 1.165) is 16.9 Å². The van der Waals surface area contributed by atoms with Crippen molar-refractivity contribution in [3.05, 3.63) is 118 Å². The van der Waals surface area contributed by atoms with Crippen LogP contribution < -0.4 is 14.9 Å². The molecule has 0 fully saturated rings. The van der Waals surface area contributed by atoms with Crippen molar-refractivity contribution >= 4 is 29.1 Å². The average Bonchev–Trinajstić information content (AvgIpc) is 3.48. The van der Waals surface area contributed by atoms with Gasteiger partial charge >= 0.3 is 5.97 Å². The van der Waals surface area contributed by atoms with Gasteiger partial charge in [-0.05, 0) is 56.2 Å². The van der Waals surface area contributed by atoms with Crippen molar-refractivity contribution in [2.24, 2.45) is 4.99 Å². The number of ether oxygens (including phenoxy) is 1. The smallest absolute Gasteiger partial charge is 0.338 e. The second-order valence-electron chi connectivity index (χ2n) is 8.81. The number of nitro groups is 1. The van der Waals surface area contributed by atoms with E-state index in [1.54, 1.807) is 38.1 Å². The highest BCUT2D eigenvalue weighted by molar-refractivity contribution is 7.07. The molecule has 0 N–H and O–H groups in total. The van der Waals surface area contributed by atoms with Gasteiger partial charge in [-0.25, -0.2) is 14.2 Å². The second-order valence-corrected chi connectivity index (χ2v) is 9.82. The molecule has 0 saturated heterocycles. The summed E-state index contributed by atoms with van der Waals surface area (Å²) in [4.78, 5) is 42.2. The minimum Gasteiger partial charge on any atom is -0.463 e. The number of halogens is 1. The average molecular weight is 548 g/mol. The lowest BCUT2D eigenvalue weighted by Gasteiger charge is -2.24. The standard InChI is InChI=1S/C28H22FN3O6S/c1-4-37-27(34)24-16(3)30-28-31(25(24)17-6-8-18(29)9-7-17)26(33)23(39-28)14-20-11-12-22(38-20)21-13-19(32(35)36)10-5-15(21)2/h5-14,25H,4H2,1-3H3. The molecule has 0 spiro atoms. The van der Waals surface area contributed by atoms with Crippen LogP contribution in [0.4, 0.5) is 10.1 Å². The fraction of sp³-hybridized carbons (Fsp3) is 0.179. The van der Waals surface area contributed by atoms with Gasteiger partial charge in [0, 0.05) is 23.8 Å². The summed E-state index contributed by atoms with van der Waals surface area (Å²) in [5, 5.41) is 11.2. The van der Waals surface area contributed by atoms with Gasteiger partial charge in [0.05, 0.1) is 33.4 Å². The van der Waals surface area contributed by atoms with Crippen molar-refractivity contribution in [2.75, 3.05) is 6.61 Å². The number of aryl methyl sites for hydroxylation is 1. The van der Waals surface area contributed by atoms with Crippen molar-refractivity contribution in [1.29, 1.82) is 0 Å². The van der Waals surface area contributed by atoms with Crippen LogP contribution in [0.1, 0.15) is 36.8 Å². The number of allylic oxidation sites excluding steroid dienone is 1. The molecule has 3 heterocycles. The van der Waals surface area contributed by atoms with Crippen molar-refractivity contribution in [2.45, 2.75) is 26.8 Å². The number of carbonyl (C=O) groups is 1. The SMILES string of the molecule is CCOC(=O)C1=C(C)N=c2sc(=Cc3ccc(-c4cc([N+](=O)[O-])ccc4C)o3)c(=O)n2C1c1ccc(F)cc1. The molecule has 11 heteroatoms. The minimum absolute atomic E-state index is 0.0598. The number of hydrogen-bond acceptors (Lipinski definition) is 8. The molecule has 0 bridgehead atoms. The Bertz CT molecular complexity index is 1830. The molecule has 4 aromatic rings. The Morgan fingerprint density at radius 1 is 1.21 bits per heavy atom. The van der Waals surface area contributed by atoms with Crippen LogP contribution in [-0.4, -0.2) is 22.1 Å². The zero-order valence-corrected chi connectivity index (χ0v) is 22.0. The Hall–Kier alpha value is -4.64. The van der Waals surface area contributed by atoms with Gasteiger partial charge in [0.25, 0.3) is 11.2 Å². The molecule has 0 aliphatic carbocycles. The highest BCUT2D eigenvalue weighted by atomic mass is 32.1. The number of esters is 1. The minimum atomic E-state index is -0.859. The van der Waals surface area contributed by atoms with Crippen LogP contribution >= 0.6 is 11.3 Å². The van der Waals surface area contributed by atoms with E-state index in [2.05, 4.69) is 4.99 Å². The molecule has 1 unspecified atom stereocenters. The Balaban J connectivity index is 1.62. The summed E-state index contributed by atoms with van der Waals surface area (Å²) in [6, 6.07) is 12.6. The highest BCUT2D eigenvalue weighted by Gasteiger charge is 2.33. The first kappa shape index (κ1) is 26.0. The third-order valence-corrected chi connectivity index (χ3v) is 7.28. The predicted octanol–water partition coefficient (Wildman–Crippen LogP) is 4.41. The van der Waals surface area contributed by atoms with E-state index in [1.807, 2.05) is 6.92 Å². The topological polar surface area (TPSA) is 117 Å². The summed E-state index contributed by atoms with van der Waals surface area (Å²) in [5.74, 6) is -0.275. The Labute approximate surface area is 225 Å². The maximum atomic E-state index is 13.7. The lowest BCUT2D eigenvalue weighted by molar-refractivity contribution is -0.384. The first-order chi connectivity index (χ1) is 18.7. The van der Waals surface area contributed by atoms with Gasteiger partial charge in [0.2, 0.25) is 0 Å². The number of nitrogens with zero attached hydrogens (tertiary/aromatic N) is 3. The second kappa shape index (κ2) is 10.3. The summed E-state index contributed by atoms with van der Waals surface area (Å²) in [5.41, 5.74) is 2.02. The van der Waals surface area contributed by atoms with Crippen LogP contribution in [0.3, 0.4) is 0 Å². The molecular formula is C28H22FN3O6S. The van der Waals surface area contributed by atoms with Crippen LogP contribution in [0.25, 0.3) is 17.4 Å². The third kappa shape index (κ3) is 4.84. The number of carbonyl (C=O) groups excluding carboxylic acids is 1. The van der Waals surface area contributed by atoms with Crippen molar-refractivity contribution in [3.63, 3.8) is 0 Å². The molecule has 2 aromatic heterocycles. The third-order valence-electron chi connectivity index (χ3n) is 6.30. The normalized spacial score (nSPS) is 15.2. The fourth-order valence-electron chi connectivity index (χ4n) is 4.45. The van der Waals surface area contributed by atoms with Crippen LogP contribution in [0.5, 0.6) is 0 Å². The van der Waals surface area contributed by atoms with Crippen molar-refractivity contribution < 1.29 is 23.3 Å². The van der Waals surface area contributed by atoms with Crippen molar-refractivity contribution in [3.8, 4) is 11.3 Å². The van der Waals surface area contributed by atoms with Crippen LogP contribution in [0, 0.1) is 22.9 Å². The van der Waals surface area contributed by atoms with Crippen molar-refractivity contribution in [1.82, 2.24) is 4.57 Å². The number of furan rings is 1. The van der Waals surface area contributed by atoms with Crippen LogP contribution in [-0.2, 0) is 9.53 Å². The van der Waals surface area contributed by atoms with Crippen LogP contribution in [0.2, 0.25) is 0 Å². The Morgan fingerprint density at radius 3 is 2.64 bits per heavy atom. The first-order valence-corrected chi connectivity index (χ1v) is 12.8. The van der Waals surface area contributed by atoms with E-state index in [-0.39, 0.29) is 17.9 Å². The van der Waals surface area contributed by atoms with E-state index in [1.165, 1.54) is 41.0 Å². The number of non-ortho nitro benzene ring substituents is 1. The molecule has 1 aliphatic rings. The molecule has 0 radical (unpaired) electrons. The summed E-state index contributed by atoms with van der Waals surface area (Å²) in [6.07, 6.45) is 1.56. The Morgan fingerprint density at radius 2 is 1.95 bits per heavy atom. The van der Waals surface area contributed by atoms with Gasteiger partial charge in [-0.2, -0.15) is 0 Å². The van der Waals surface area contributed by atoms with Gasteiger partial charge in [-0.15, -0.1) is 0 Å². The molecule has 1 atom stereocenters. The predicted molar refractivity (Wildman–Crippen MR) is 142 cm³/mol. The number of nitro benzene ring substituents is 1. The highest BCUT2D eigenvalue weighted by Crippen LogP contribution is 2.31. The van der Waals surface area contributed by atoms with E-state index in [0.29, 0.717) is 37.7 Å². The quantitative estimate of drug-likeness (QED) is 0.201. The summed E-state index contributed by atoms with van der Waals surface area (Å²) in [6.45, 7) is 5.31. The molecule has 0 saturated carbocycles. The molecule has 1 aliphatic heterocycles. The lowest BCUT2D eigenvalue weighted by atomic mass is 9.96. The molecular weight excluding hydrogens is 525 g/mol. The molecule has 9 nitrogen and oxygen atoms in total. The number of thiazole rings is 1. The number of aromatic nitrogens is 1. The molecule has 39 heavy (non-hydrogen) atoms. The number of benzene rings is 2. The molecule has 198 valence electrons. The zero-order chi connectivity index (χ0) is 27.8. The monoisotopic (exact) mass is 547 g/mol. The fourth-order valence-corrected chi connectivity index (χ4v) is 5.47. The Kier molecular flexibility index (Phi) is 6.83. The number of fused-ring (bicyclic) bond motifs is 1. The van der Waals surface area contributed by atoms with Crippen LogP contribution in [0.15, 0.2) is 80.1 Å². The summed E-state index contributed by atoms with van der Waals surface area (Å²) < 4.78 is 26.6. The first-order valence-electron chi connectivity index (χ1n) is 12.0. The van der Waals surface area contributed by atoms with E-state index >= 15 is 0 Å². The molecule has 0 amide bonds. The van der Waals surface area contributed by atoms with Gasteiger partial charge in [-0.3, -0.25) is 19.5 Å². The van der Waals surface area contributed by atoms with Gasteiger partial charge in [0.1, 0.15) is 17.3 Å². The van der Waals surface area contributed by atoms with E-state index in [9.17, 15) is 24.1 Å². The maximum absolute atomic E-state index is 13.7. The summed E-state index contributed by atoms with van der Waals surface area (Å²) >= 11 is 1.12. The van der Waals surface area contributed by atoms with Gasteiger partial charge in [0.15, 0.2) is 4.80 Å². The number of hydrogen-bond donors (Lipinski definition) is 0. The maximum Gasteiger partial charge on any atom is 0.338 e. The largest absolute Gasteiger partial charge is 0.463 e. The van der Waals surface area contributed by atoms with E-state index < -0.39 is 28.3 Å². The number of rotatable bonds is 6. The van der Waals surface area contributed by atoms with Gasteiger partial charge in [-0.1, -0.05) is 29.5 Å². The summed E-state index contributed by atoms with van der Waals surface area (Å²) in [7, 11) is 0. The zero-order valence-electron chi connectivity index (χ0n) is 21.1. The van der Waals surface area contributed by atoms with E-state index in [4.69, 9.17) is 9.15 Å². The molecule has 5 rings (SSSR count).